The van der Waals surface area contributed by atoms with Crippen molar-refractivity contribution >= 4 is 15.9 Å². The fourth-order valence-corrected chi connectivity index (χ4v) is 2.04. The number of hydrogen-bond acceptors (Lipinski definition) is 5. The summed E-state index contributed by atoms with van der Waals surface area (Å²) in [6.07, 6.45) is -0.745. The number of hydrogen-bond donors (Lipinski definition) is 3. The van der Waals surface area contributed by atoms with Gasteiger partial charge in [0.25, 0.3) is 5.56 Å². The summed E-state index contributed by atoms with van der Waals surface area (Å²) in [6, 6.07) is 0. The van der Waals surface area contributed by atoms with Crippen LogP contribution in [-0.4, -0.2) is 38.6 Å². The highest BCUT2D eigenvalue weighted by Gasteiger charge is 2.35. The van der Waals surface area contributed by atoms with Gasteiger partial charge in [-0.2, -0.15) is 0 Å². The van der Waals surface area contributed by atoms with Crippen molar-refractivity contribution in [1.82, 2.24) is 9.55 Å². The van der Waals surface area contributed by atoms with Crippen molar-refractivity contribution in [2.45, 2.75) is 24.9 Å². The highest BCUT2D eigenvalue weighted by atomic mass is 79.9. The number of aliphatic hydroxyl groups is 2. The average Bonchev–Trinajstić information content (AvgIpc) is 2.65. The maximum Gasteiger partial charge on any atom is 0.330 e. The predicted molar refractivity (Wildman–Crippen MR) is 60.6 cm³/mol. The van der Waals surface area contributed by atoms with Crippen LogP contribution < -0.4 is 11.2 Å². The second kappa shape index (κ2) is 4.73. The summed E-state index contributed by atoms with van der Waals surface area (Å²) >= 11 is 3.00. The topological polar surface area (TPSA) is 105 Å². The lowest BCUT2D eigenvalue weighted by Crippen LogP contribution is -2.32. The van der Waals surface area contributed by atoms with Crippen LogP contribution >= 0.6 is 15.9 Å². The van der Waals surface area contributed by atoms with E-state index in [9.17, 15) is 14.7 Å². The number of ether oxygens (including phenoxy) is 1. The van der Waals surface area contributed by atoms with E-state index in [1.54, 1.807) is 0 Å². The smallest absolute Gasteiger partial charge is 0.330 e. The van der Waals surface area contributed by atoms with Crippen LogP contribution in [0.3, 0.4) is 0 Å². The minimum atomic E-state index is -0.831. The Morgan fingerprint density at radius 2 is 2.29 bits per heavy atom. The average molecular weight is 307 g/mol. The molecule has 1 fully saturated rings. The fourth-order valence-electron chi connectivity index (χ4n) is 1.72. The first-order valence-corrected chi connectivity index (χ1v) is 5.77. The first kappa shape index (κ1) is 12.5. The Morgan fingerprint density at radius 3 is 2.88 bits per heavy atom. The van der Waals surface area contributed by atoms with Gasteiger partial charge in [0.15, 0.2) is 0 Å². The molecule has 0 aliphatic carbocycles. The number of nitrogens with one attached hydrogen (secondary N) is 1. The Balaban J connectivity index is 2.34. The molecule has 1 aliphatic rings. The molecule has 0 saturated carbocycles. The van der Waals surface area contributed by atoms with E-state index in [-0.39, 0.29) is 17.5 Å². The third kappa shape index (κ3) is 2.34. The van der Waals surface area contributed by atoms with E-state index < -0.39 is 29.7 Å². The van der Waals surface area contributed by atoms with Crippen molar-refractivity contribution in [1.29, 1.82) is 0 Å². The molecule has 0 radical (unpaired) electrons. The van der Waals surface area contributed by atoms with Gasteiger partial charge in [-0.25, -0.2) is 4.79 Å². The first-order chi connectivity index (χ1) is 8.02. The van der Waals surface area contributed by atoms with Crippen LogP contribution in [0.4, 0.5) is 0 Å². The maximum absolute atomic E-state index is 11.5. The molecule has 2 rings (SSSR count). The van der Waals surface area contributed by atoms with Crippen LogP contribution in [0.15, 0.2) is 20.3 Å². The van der Waals surface area contributed by atoms with Crippen molar-refractivity contribution in [2.75, 3.05) is 6.61 Å². The number of H-pyrrole nitrogens is 1. The molecule has 1 saturated heterocycles. The van der Waals surface area contributed by atoms with Crippen molar-refractivity contribution in [3.63, 3.8) is 0 Å². The van der Waals surface area contributed by atoms with E-state index in [4.69, 9.17) is 9.84 Å². The zero-order valence-corrected chi connectivity index (χ0v) is 10.3. The number of aliphatic hydroxyl groups excluding tert-OH is 2. The molecule has 1 aliphatic heterocycles. The van der Waals surface area contributed by atoms with Crippen LogP contribution in [-0.2, 0) is 4.74 Å². The lowest BCUT2D eigenvalue weighted by molar-refractivity contribution is -0.0459. The molecular formula is C9H11BrN2O5. The molecule has 8 heteroatoms. The van der Waals surface area contributed by atoms with E-state index in [0.29, 0.717) is 0 Å². The Hall–Kier alpha value is -0.960. The zero-order chi connectivity index (χ0) is 12.6. The molecule has 0 aromatic carbocycles. The SMILES string of the molecule is O=c1[nH]c(=O)n(C2C[C@H](O)[C@@H](CO)O2)cc1Br. The monoisotopic (exact) mass is 306 g/mol. The normalized spacial score (nSPS) is 28.5. The van der Waals surface area contributed by atoms with Gasteiger partial charge in [0.1, 0.15) is 12.3 Å². The van der Waals surface area contributed by atoms with Gasteiger partial charge >= 0.3 is 5.69 Å². The van der Waals surface area contributed by atoms with Crippen molar-refractivity contribution in [2.24, 2.45) is 0 Å². The molecule has 3 atom stereocenters. The molecule has 7 nitrogen and oxygen atoms in total. The second-order valence-electron chi connectivity index (χ2n) is 3.76. The molecular weight excluding hydrogens is 296 g/mol. The van der Waals surface area contributed by atoms with Crippen molar-refractivity contribution < 1.29 is 14.9 Å². The summed E-state index contributed by atoms with van der Waals surface area (Å²) in [5, 5.41) is 18.5. The Labute approximate surface area is 104 Å². The highest BCUT2D eigenvalue weighted by molar-refractivity contribution is 9.10. The van der Waals surface area contributed by atoms with E-state index in [2.05, 4.69) is 20.9 Å². The van der Waals surface area contributed by atoms with Gasteiger partial charge in [0, 0.05) is 12.6 Å². The largest absolute Gasteiger partial charge is 0.394 e. The van der Waals surface area contributed by atoms with Gasteiger partial charge in [-0.1, -0.05) is 0 Å². The minimum Gasteiger partial charge on any atom is -0.394 e. The first-order valence-electron chi connectivity index (χ1n) is 4.98. The summed E-state index contributed by atoms with van der Waals surface area (Å²) in [5.41, 5.74) is -1.14. The lowest BCUT2D eigenvalue weighted by atomic mass is 10.2. The number of aromatic nitrogens is 2. The summed E-state index contributed by atoms with van der Waals surface area (Å²) in [4.78, 5) is 24.8. The maximum atomic E-state index is 11.5. The van der Waals surface area contributed by atoms with Gasteiger partial charge in [-0.05, 0) is 15.9 Å². The van der Waals surface area contributed by atoms with Gasteiger partial charge in [0.2, 0.25) is 0 Å². The summed E-state index contributed by atoms with van der Waals surface area (Å²) < 4.78 is 6.67. The number of halogens is 1. The number of aromatic amines is 1. The zero-order valence-electron chi connectivity index (χ0n) is 8.67. The quantitative estimate of drug-likeness (QED) is 0.646. The summed E-state index contributed by atoms with van der Waals surface area (Å²) in [6.45, 7) is -0.322. The van der Waals surface area contributed by atoms with E-state index in [1.807, 2.05) is 0 Å². The van der Waals surface area contributed by atoms with Gasteiger partial charge in [-0.15, -0.1) is 0 Å². The molecule has 1 unspecified atom stereocenters. The Bertz CT molecular complexity index is 525. The van der Waals surface area contributed by atoms with Gasteiger partial charge in [0.05, 0.1) is 17.2 Å². The number of nitrogens with zero attached hydrogens (tertiary/aromatic N) is 1. The Kier molecular flexibility index (Phi) is 3.48. The van der Waals surface area contributed by atoms with E-state index in [1.165, 1.54) is 10.8 Å². The molecule has 17 heavy (non-hydrogen) atoms. The molecule has 0 bridgehead atoms. The highest BCUT2D eigenvalue weighted by Crippen LogP contribution is 2.27. The van der Waals surface area contributed by atoms with Crippen LogP contribution in [0.2, 0.25) is 0 Å². The van der Waals surface area contributed by atoms with Gasteiger partial charge < -0.3 is 14.9 Å². The standard InChI is InChI=1S/C9H11BrN2O5/c10-4-2-12(9(16)11-8(4)15)7-1-5(14)6(3-13)17-7/h2,5-7,13-14H,1,3H2,(H,11,15,16)/t5-,6+,7?/m0/s1. The van der Waals surface area contributed by atoms with Gasteiger partial charge in [-0.3, -0.25) is 14.3 Å². The molecule has 2 heterocycles. The van der Waals surface area contributed by atoms with Crippen LogP contribution in [0.25, 0.3) is 0 Å². The number of rotatable bonds is 2. The molecule has 1 aromatic heterocycles. The van der Waals surface area contributed by atoms with E-state index >= 15 is 0 Å². The minimum absolute atomic E-state index is 0.184. The fraction of sp³-hybridized carbons (Fsp3) is 0.556. The third-order valence-corrected chi connectivity index (χ3v) is 3.18. The van der Waals surface area contributed by atoms with Crippen LogP contribution in [0.1, 0.15) is 12.6 Å². The molecule has 94 valence electrons. The van der Waals surface area contributed by atoms with Crippen LogP contribution in [0, 0.1) is 0 Å². The van der Waals surface area contributed by atoms with E-state index in [0.717, 1.165) is 0 Å². The van der Waals surface area contributed by atoms with Crippen molar-refractivity contribution in [3.8, 4) is 0 Å². The predicted octanol–water partition coefficient (Wildman–Crippen LogP) is -1.06. The second-order valence-corrected chi connectivity index (χ2v) is 4.61. The Morgan fingerprint density at radius 1 is 1.59 bits per heavy atom. The van der Waals surface area contributed by atoms with Crippen molar-refractivity contribution in [3.05, 3.63) is 31.5 Å². The molecule has 0 spiro atoms. The summed E-state index contributed by atoms with van der Waals surface area (Å²) in [7, 11) is 0. The third-order valence-electron chi connectivity index (χ3n) is 2.62. The van der Waals surface area contributed by atoms with Crippen LogP contribution in [0.5, 0.6) is 0 Å². The lowest BCUT2D eigenvalue weighted by Gasteiger charge is -2.14. The molecule has 3 N–H and O–H groups in total. The summed E-state index contributed by atoms with van der Waals surface area (Å²) in [5.74, 6) is 0. The molecule has 1 aromatic rings. The molecule has 0 amide bonds.